The first kappa shape index (κ1) is 20.0. The van der Waals surface area contributed by atoms with Gasteiger partial charge in [0.2, 0.25) is 20.0 Å². The number of nitrogens with zero attached hydrogens (tertiary/aromatic N) is 1. The van der Waals surface area contributed by atoms with Crippen LogP contribution in [0.25, 0.3) is 0 Å². The molecule has 0 bridgehead atoms. The number of nitrogens with one attached hydrogen (secondary N) is 1. The molecule has 0 aromatic heterocycles. The van der Waals surface area contributed by atoms with Gasteiger partial charge in [-0.05, 0) is 24.5 Å². The van der Waals surface area contributed by atoms with Crippen LogP contribution >= 0.6 is 0 Å². The predicted octanol–water partition coefficient (Wildman–Crippen LogP) is 0.589. The van der Waals surface area contributed by atoms with Crippen molar-refractivity contribution in [3.63, 3.8) is 0 Å². The lowest BCUT2D eigenvalue weighted by Crippen LogP contribution is -2.41. The molecule has 1 atom stereocenters. The standard InChI is InChI=1S/C14H25N3O4S2/c1-11(2)9-12(10-15)16-22(18,19)13-7-5-6-8-14(13)23(20,21)17(3)4/h5-8,11-12,16H,9-10,15H2,1-4H3. The van der Waals surface area contributed by atoms with Crippen LogP contribution in [0.5, 0.6) is 0 Å². The first-order valence-corrected chi connectivity index (χ1v) is 10.2. The van der Waals surface area contributed by atoms with Crippen molar-refractivity contribution in [2.24, 2.45) is 11.7 Å². The average molecular weight is 364 g/mol. The minimum absolute atomic E-state index is 0.139. The van der Waals surface area contributed by atoms with Crippen LogP contribution in [-0.4, -0.2) is 47.8 Å². The van der Waals surface area contributed by atoms with Crippen molar-refractivity contribution in [3.05, 3.63) is 24.3 Å². The lowest BCUT2D eigenvalue weighted by Gasteiger charge is -2.20. The molecule has 9 heteroatoms. The second-order valence-electron chi connectivity index (χ2n) is 5.92. The summed E-state index contributed by atoms with van der Waals surface area (Å²) in [5.41, 5.74) is 5.62. The average Bonchev–Trinajstić information content (AvgIpc) is 2.45. The lowest BCUT2D eigenvalue weighted by molar-refractivity contribution is 0.464. The van der Waals surface area contributed by atoms with Gasteiger partial charge in [-0.15, -0.1) is 0 Å². The van der Waals surface area contributed by atoms with Crippen LogP contribution in [-0.2, 0) is 20.0 Å². The Hall–Kier alpha value is -1.00. The maximum Gasteiger partial charge on any atom is 0.243 e. The number of sulfonamides is 2. The van der Waals surface area contributed by atoms with E-state index in [1.54, 1.807) is 0 Å². The van der Waals surface area contributed by atoms with Crippen LogP contribution in [0.15, 0.2) is 34.1 Å². The van der Waals surface area contributed by atoms with Crippen LogP contribution < -0.4 is 10.5 Å². The normalized spacial score (nSPS) is 14.4. The summed E-state index contributed by atoms with van der Waals surface area (Å²) >= 11 is 0. The largest absolute Gasteiger partial charge is 0.329 e. The monoisotopic (exact) mass is 363 g/mol. The highest BCUT2D eigenvalue weighted by Crippen LogP contribution is 2.23. The predicted molar refractivity (Wildman–Crippen MR) is 89.9 cm³/mol. The van der Waals surface area contributed by atoms with E-state index in [1.165, 1.54) is 38.4 Å². The fraction of sp³-hybridized carbons (Fsp3) is 0.571. The van der Waals surface area contributed by atoms with E-state index >= 15 is 0 Å². The van der Waals surface area contributed by atoms with Gasteiger partial charge in [0.05, 0.1) is 0 Å². The van der Waals surface area contributed by atoms with Gasteiger partial charge in [-0.2, -0.15) is 0 Å². The van der Waals surface area contributed by atoms with Crippen molar-refractivity contribution in [1.82, 2.24) is 9.03 Å². The highest BCUT2D eigenvalue weighted by molar-refractivity contribution is 7.92. The maximum atomic E-state index is 12.6. The van der Waals surface area contributed by atoms with Crippen LogP contribution in [0.4, 0.5) is 0 Å². The number of hydrogen-bond acceptors (Lipinski definition) is 5. The molecule has 0 saturated heterocycles. The van der Waals surface area contributed by atoms with E-state index in [0.29, 0.717) is 6.42 Å². The Bertz CT molecular complexity index is 728. The van der Waals surface area contributed by atoms with Crippen molar-refractivity contribution in [1.29, 1.82) is 0 Å². The summed E-state index contributed by atoms with van der Waals surface area (Å²) in [4.78, 5) is -0.520. The fourth-order valence-corrected chi connectivity index (χ4v) is 5.09. The molecule has 0 amide bonds. The van der Waals surface area contributed by atoms with Gasteiger partial charge >= 0.3 is 0 Å². The van der Waals surface area contributed by atoms with Crippen molar-refractivity contribution >= 4 is 20.0 Å². The summed E-state index contributed by atoms with van der Waals surface area (Å²) in [7, 11) is -5.16. The topological polar surface area (TPSA) is 110 Å². The third-order valence-corrected chi connectivity index (χ3v) is 6.84. The highest BCUT2D eigenvalue weighted by atomic mass is 32.2. The molecule has 132 valence electrons. The van der Waals surface area contributed by atoms with Crippen molar-refractivity contribution in [3.8, 4) is 0 Å². The molecule has 1 rings (SSSR count). The summed E-state index contributed by atoms with van der Waals surface area (Å²) in [6.07, 6.45) is 0.568. The van der Waals surface area contributed by atoms with E-state index < -0.39 is 26.1 Å². The summed E-state index contributed by atoms with van der Waals surface area (Å²) in [5.74, 6) is 0.256. The molecule has 1 unspecified atom stereocenters. The Kier molecular flexibility index (Phi) is 6.72. The SMILES string of the molecule is CC(C)CC(CN)NS(=O)(=O)c1ccccc1S(=O)(=O)N(C)C. The zero-order valence-electron chi connectivity index (χ0n) is 13.9. The molecular weight excluding hydrogens is 338 g/mol. The minimum Gasteiger partial charge on any atom is -0.329 e. The third-order valence-electron chi connectivity index (χ3n) is 3.26. The first-order chi connectivity index (χ1) is 10.5. The van der Waals surface area contributed by atoms with E-state index in [9.17, 15) is 16.8 Å². The molecule has 23 heavy (non-hydrogen) atoms. The molecule has 0 spiro atoms. The van der Waals surface area contributed by atoms with Gasteiger partial charge in [0.1, 0.15) is 9.79 Å². The van der Waals surface area contributed by atoms with E-state index in [4.69, 9.17) is 5.73 Å². The van der Waals surface area contributed by atoms with Gasteiger partial charge in [0.15, 0.2) is 0 Å². The lowest BCUT2D eigenvalue weighted by atomic mass is 10.1. The van der Waals surface area contributed by atoms with Crippen molar-refractivity contribution in [2.75, 3.05) is 20.6 Å². The minimum atomic E-state index is -4.00. The second-order valence-corrected chi connectivity index (χ2v) is 9.72. The molecule has 1 aromatic carbocycles. The van der Waals surface area contributed by atoms with E-state index in [0.717, 1.165) is 4.31 Å². The van der Waals surface area contributed by atoms with E-state index in [2.05, 4.69) is 4.72 Å². The summed E-state index contributed by atoms with van der Waals surface area (Å²) < 4.78 is 53.4. The van der Waals surface area contributed by atoms with Crippen LogP contribution in [0, 0.1) is 5.92 Å². The van der Waals surface area contributed by atoms with Gasteiger partial charge in [0, 0.05) is 26.7 Å². The van der Waals surface area contributed by atoms with Crippen molar-refractivity contribution in [2.45, 2.75) is 36.1 Å². The molecular formula is C14H25N3O4S2. The number of hydrogen-bond donors (Lipinski definition) is 2. The Labute approximate surface area is 139 Å². The second kappa shape index (κ2) is 7.71. The van der Waals surface area contributed by atoms with Crippen LogP contribution in [0.2, 0.25) is 0 Å². The summed E-state index contributed by atoms with van der Waals surface area (Å²) in [5, 5.41) is 0. The summed E-state index contributed by atoms with van der Waals surface area (Å²) in [6, 6.07) is 5.09. The number of nitrogens with two attached hydrogens (primary N) is 1. The molecule has 0 radical (unpaired) electrons. The van der Waals surface area contributed by atoms with Crippen LogP contribution in [0.1, 0.15) is 20.3 Å². The first-order valence-electron chi connectivity index (χ1n) is 7.26. The quantitative estimate of drug-likeness (QED) is 0.702. The molecule has 0 aliphatic heterocycles. The summed E-state index contributed by atoms with van der Waals surface area (Å²) in [6.45, 7) is 4.06. The smallest absolute Gasteiger partial charge is 0.243 e. The molecule has 3 N–H and O–H groups in total. The van der Waals surface area contributed by atoms with Gasteiger partial charge in [-0.3, -0.25) is 0 Å². The number of benzene rings is 1. The van der Waals surface area contributed by atoms with Gasteiger partial charge in [0.25, 0.3) is 0 Å². The molecule has 1 aromatic rings. The molecule has 0 aliphatic carbocycles. The molecule has 0 saturated carbocycles. The van der Waals surface area contributed by atoms with Gasteiger partial charge < -0.3 is 5.73 Å². The molecule has 0 aliphatic rings. The van der Waals surface area contributed by atoms with Gasteiger partial charge in [-0.1, -0.05) is 26.0 Å². The molecule has 0 heterocycles. The zero-order chi connectivity index (χ0) is 17.8. The van der Waals surface area contributed by atoms with E-state index in [-0.39, 0.29) is 22.3 Å². The molecule has 7 nitrogen and oxygen atoms in total. The van der Waals surface area contributed by atoms with Crippen LogP contribution in [0.3, 0.4) is 0 Å². The highest BCUT2D eigenvalue weighted by Gasteiger charge is 2.29. The Morgan fingerprint density at radius 3 is 2.04 bits per heavy atom. The Morgan fingerprint density at radius 1 is 1.09 bits per heavy atom. The zero-order valence-corrected chi connectivity index (χ0v) is 15.5. The van der Waals surface area contributed by atoms with E-state index in [1.807, 2.05) is 13.8 Å². The fourth-order valence-electron chi connectivity index (χ4n) is 2.13. The van der Waals surface area contributed by atoms with Crippen molar-refractivity contribution < 1.29 is 16.8 Å². The maximum absolute atomic E-state index is 12.6. The Morgan fingerprint density at radius 2 is 1.61 bits per heavy atom. The third kappa shape index (κ3) is 4.98. The number of rotatable bonds is 8. The Balaban J connectivity index is 3.30. The molecule has 0 fully saturated rings. The van der Waals surface area contributed by atoms with Gasteiger partial charge in [-0.25, -0.2) is 25.9 Å².